The maximum absolute atomic E-state index is 15.3. The number of hydrogen-bond acceptors (Lipinski definition) is 19. The number of nitrogens with zero attached hydrogens (tertiary/aromatic N) is 2. The summed E-state index contributed by atoms with van der Waals surface area (Å²) in [6.07, 6.45) is -6.00. The molecule has 0 spiro atoms. The van der Waals surface area contributed by atoms with E-state index in [2.05, 4.69) is 47.2 Å². The standard InChI is InChI=1S/C58H75N13O19/c1-24(2)47(77)44-55(85)70-17-15-39(75)46(70)57(88)90-28(6)43(67-50(80)37(23-72)63-40(76)20-33(59)56(86)87)53(83)66-42(27(5)73)52(82)62-26(4)48(78)69-58(89)71-18-16-38(74)45(71)54(84)64-36(19-29-21-60-34-13-9-7-11-30(29)34)49(79)65-41(51(81)68-44)25(3)32-22-61-35-14-10-8-12-31(32)35/h7-14,19,21-22,24-28,33,37-39,41-47,60-61,72-75,77H,15-18,20,23,59H2,1-6H3,(H,62,82)(H,63,76)(H,64,84)(H,65,79)(H,66,83)(H,67,80)(H,68,81)(H,86,87)(H,69,78,89)/b36-19+. The SMILES string of the molecule is CC1NC(=O)C(C(C)O)NC(=O)C(NC(=O)C(CO)NC(=O)CC(N)C(=O)O)C(C)OC(=O)C2C(O)CCN2C(=O)C(C(O)C(C)C)NC(=O)C(C(C)c2c[nH]c3ccccc23)NC(=O)/C(=C\c2c[nH]c3ccccc23)NC(=O)C2C(O)CCN2C(=O)NC1=O. The smallest absolute Gasteiger partial charge is 0.331 e. The molecule has 0 radical (unpaired) electrons. The number of benzene rings is 2. The number of nitrogens with two attached hydrogens (primary N) is 1. The van der Waals surface area contributed by atoms with E-state index in [1.54, 1.807) is 61.7 Å². The van der Waals surface area contributed by atoms with Gasteiger partial charge in [-0.05, 0) is 63.3 Å². The van der Waals surface area contributed by atoms with E-state index in [0.29, 0.717) is 32.9 Å². The quantitative estimate of drug-likeness (QED) is 0.0444. The Kier molecular flexibility index (Phi) is 22.2. The Balaban J connectivity index is 1.32. The van der Waals surface area contributed by atoms with Crippen LogP contribution in [0.15, 0.2) is 66.6 Å². The highest BCUT2D eigenvalue weighted by atomic mass is 16.5. The Labute approximate surface area is 513 Å². The molecule has 7 rings (SSSR count). The second kappa shape index (κ2) is 29.3. The van der Waals surface area contributed by atoms with E-state index in [1.165, 1.54) is 26.1 Å². The number of aliphatic carboxylic acids is 1. The van der Waals surface area contributed by atoms with E-state index in [9.17, 15) is 73.8 Å². The van der Waals surface area contributed by atoms with Gasteiger partial charge in [-0.1, -0.05) is 57.2 Å². The number of urea groups is 1. The van der Waals surface area contributed by atoms with Gasteiger partial charge in [0.15, 0.2) is 6.04 Å². The number of aromatic amines is 2. The Morgan fingerprint density at radius 2 is 1.31 bits per heavy atom. The number of H-pyrrole nitrogens is 2. The van der Waals surface area contributed by atoms with Gasteiger partial charge in [-0.25, -0.2) is 9.59 Å². The molecule has 32 nitrogen and oxygen atoms in total. The summed E-state index contributed by atoms with van der Waals surface area (Å²) in [6.45, 7) is 5.73. The number of hydrogen-bond donors (Lipinski definition) is 17. The number of carboxylic acids is 1. The molecule has 0 aliphatic carbocycles. The molecule has 5 heterocycles. The number of ether oxygens (including phenoxy) is 1. The maximum atomic E-state index is 15.3. The molecular formula is C58H75N13O19. The molecule has 3 saturated heterocycles. The van der Waals surface area contributed by atoms with E-state index < -0.39 is 193 Å². The van der Waals surface area contributed by atoms with Crippen LogP contribution in [0.4, 0.5) is 4.79 Å². The number of carbonyl (C=O) groups excluding carboxylic acids is 11. The van der Waals surface area contributed by atoms with E-state index in [-0.39, 0.29) is 19.4 Å². The van der Waals surface area contributed by atoms with Crippen LogP contribution in [0.3, 0.4) is 0 Å². The van der Waals surface area contributed by atoms with Crippen molar-refractivity contribution in [1.29, 1.82) is 0 Å². The number of cyclic esters (lactones) is 1. The van der Waals surface area contributed by atoms with Gasteiger partial charge in [-0.15, -0.1) is 0 Å². The van der Waals surface area contributed by atoms with E-state index in [0.717, 1.165) is 30.6 Å². The summed E-state index contributed by atoms with van der Waals surface area (Å²) in [4.78, 5) is 176. The molecule has 0 bridgehead atoms. The Morgan fingerprint density at radius 3 is 1.94 bits per heavy atom. The molecule has 32 heteroatoms. The summed E-state index contributed by atoms with van der Waals surface area (Å²) >= 11 is 0. The Morgan fingerprint density at radius 1 is 0.722 bits per heavy atom. The average Bonchev–Trinajstić information content (AvgIpc) is 1.82. The fraction of sp³-hybridized carbons (Fsp3) is 0.483. The van der Waals surface area contributed by atoms with Gasteiger partial charge in [-0.3, -0.25) is 53.3 Å². The zero-order valence-corrected chi connectivity index (χ0v) is 49.8. The van der Waals surface area contributed by atoms with Crippen LogP contribution in [0.1, 0.15) is 77.8 Å². The fourth-order valence-electron chi connectivity index (χ4n) is 10.8. The van der Waals surface area contributed by atoms with Crippen molar-refractivity contribution in [2.24, 2.45) is 11.7 Å². The molecule has 2 aromatic heterocycles. The van der Waals surface area contributed by atoms with E-state index >= 15 is 14.4 Å². The van der Waals surface area contributed by atoms with Crippen molar-refractivity contribution in [3.63, 3.8) is 0 Å². The number of imide groups is 1. The summed E-state index contributed by atoms with van der Waals surface area (Å²) < 4.78 is 5.69. The second-order valence-electron chi connectivity index (χ2n) is 22.7. The van der Waals surface area contributed by atoms with Crippen molar-refractivity contribution >= 4 is 99.0 Å². The number of amides is 11. The third kappa shape index (κ3) is 15.6. The predicted octanol–water partition coefficient (Wildman–Crippen LogP) is -4.39. The number of aliphatic hydroxyl groups excluding tert-OH is 5. The van der Waals surface area contributed by atoms with Gasteiger partial charge in [0.1, 0.15) is 60.1 Å². The fourth-order valence-corrected chi connectivity index (χ4v) is 10.8. The Hall–Kier alpha value is -9.34. The monoisotopic (exact) mass is 1260 g/mol. The third-order valence-electron chi connectivity index (χ3n) is 15.9. The van der Waals surface area contributed by atoms with E-state index in [4.69, 9.17) is 10.5 Å². The van der Waals surface area contributed by atoms with Crippen molar-refractivity contribution in [1.82, 2.24) is 62.3 Å². The first-order valence-electron chi connectivity index (χ1n) is 28.9. The average molecular weight is 1260 g/mol. The molecule has 15 unspecified atom stereocenters. The summed E-state index contributed by atoms with van der Waals surface area (Å²) in [7, 11) is 0. The molecule has 2 aromatic carbocycles. The number of aromatic nitrogens is 2. The molecule has 11 amide bonds. The lowest BCUT2D eigenvalue weighted by atomic mass is 9.91. The zero-order chi connectivity index (χ0) is 66.2. The molecule has 90 heavy (non-hydrogen) atoms. The first-order chi connectivity index (χ1) is 42.5. The minimum absolute atomic E-state index is 0.227. The first-order valence-corrected chi connectivity index (χ1v) is 28.9. The molecule has 486 valence electrons. The van der Waals surface area contributed by atoms with Crippen LogP contribution in [-0.4, -0.2) is 226 Å². The molecule has 3 fully saturated rings. The molecule has 3 aliphatic heterocycles. The normalized spacial score (nSPS) is 27.0. The lowest BCUT2D eigenvalue weighted by Gasteiger charge is -2.35. The number of nitrogens with one attached hydrogen (secondary N) is 10. The van der Waals surface area contributed by atoms with Crippen molar-refractivity contribution in [2.45, 2.75) is 152 Å². The lowest BCUT2D eigenvalue weighted by molar-refractivity contribution is -0.164. The van der Waals surface area contributed by atoms with Gasteiger partial charge in [0, 0.05) is 58.8 Å². The highest BCUT2D eigenvalue weighted by molar-refractivity contribution is 6.07. The van der Waals surface area contributed by atoms with Gasteiger partial charge < -0.3 is 98.1 Å². The minimum Gasteiger partial charge on any atom is -0.480 e. The minimum atomic E-state index is -2.20. The van der Waals surface area contributed by atoms with Crippen LogP contribution >= 0.6 is 0 Å². The number of fused-ring (bicyclic) bond motifs is 4. The van der Waals surface area contributed by atoms with Crippen LogP contribution in [0.2, 0.25) is 0 Å². The van der Waals surface area contributed by atoms with Crippen LogP contribution in [-0.2, 0) is 57.5 Å². The lowest BCUT2D eigenvalue weighted by Crippen LogP contribution is -2.64. The second-order valence-corrected chi connectivity index (χ2v) is 22.7. The highest BCUT2D eigenvalue weighted by Gasteiger charge is 2.49. The molecule has 0 saturated carbocycles. The van der Waals surface area contributed by atoms with Crippen molar-refractivity contribution < 1.29 is 92.9 Å². The number of rotatable bonds is 13. The molecular weight excluding hydrogens is 1180 g/mol. The van der Waals surface area contributed by atoms with Crippen LogP contribution < -0.4 is 48.3 Å². The van der Waals surface area contributed by atoms with Crippen molar-refractivity contribution in [3.8, 4) is 0 Å². The summed E-state index contributed by atoms with van der Waals surface area (Å²) in [6, 6.07) is -4.62. The number of aliphatic hydroxyl groups is 5. The van der Waals surface area contributed by atoms with Crippen LogP contribution in [0, 0.1) is 5.92 Å². The maximum Gasteiger partial charge on any atom is 0.331 e. The van der Waals surface area contributed by atoms with Crippen LogP contribution in [0.5, 0.6) is 0 Å². The molecule has 18 N–H and O–H groups in total. The van der Waals surface area contributed by atoms with Gasteiger partial charge >= 0.3 is 18.0 Å². The van der Waals surface area contributed by atoms with Gasteiger partial charge in [0.25, 0.3) is 5.91 Å². The van der Waals surface area contributed by atoms with Gasteiger partial charge in [-0.2, -0.15) is 0 Å². The highest BCUT2D eigenvalue weighted by Crippen LogP contribution is 2.30. The Bertz CT molecular complexity index is 3440. The largest absolute Gasteiger partial charge is 0.480 e. The zero-order valence-electron chi connectivity index (χ0n) is 49.8. The number of carbonyl (C=O) groups is 12. The van der Waals surface area contributed by atoms with Crippen LogP contribution in [0.25, 0.3) is 27.9 Å². The van der Waals surface area contributed by atoms with Gasteiger partial charge in [0.05, 0.1) is 37.4 Å². The number of para-hydroxylation sites is 2. The predicted molar refractivity (Wildman–Crippen MR) is 315 cm³/mol. The summed E-state index contributed by atoms with van der Waals surface area (Å²) in [5.41, 5.74) is 6.92. The van der Waals surface area contributed by atoms with Gasteiger partial charge in [0.2, 0.25) is 47.3 Å². The molecule has 4 aromatic rings. The molecule has 3 aliphatic rings. The van der Waals surface area contributed by atoms with Crippen molar-refractivity contribution in [2.75, 3.05) is 19.7 Å². The molecule has 15 atom stereocenters. The first kappa shape index (κ1) is 68.2. The topological polar surface area (TPSA) is 496 Å². The van der Waals surface area contributed by atoms with Crippen molar-refractivity contribution in [3.05, 3.63) is 77.7 Å². The number of esters is 1. The van der Waals surface area contributed by atoms with E-state index in [1.807, 2.05) is 5.32 Å². The summed E-state index contributed by atoms with van der Waals surface area (Å²) in [5, 5.41) is 84.5. The summed E-state index contributed by atoms with van der Waals surface area (Å²) in [5.74, 6) is -16.0. The third-order valence-corrected chi connectivity index (χ3v) is 15.9. The number of carboxylic acid groups (broad SMARTS) is 1.